The van der Waals surface area contributed by atoms with E-state index in [9.17, 15) is 14.7 Å². The van der Waals surface area contributed by atoms with E-state index >= 15 is 0 Å². The fourth-order valence-electron chi connectivity index (χ4n) is 2.97. The molecule has 0 saturated carbocycles. The molecule has 0 aromatic heterocycles. The second-order valence-corrected chi connectivity index (χ2v) is 6.33. The van der Waals surface area contributed by atoms with Crippen LogP contribution in [-0.4, -0.2) is 46.6 Å². The number of aliphatic hydroxyl groups excluding tert-OH is 2. The van der Waals surface area contributed by atoms with Gasteiger partial charge in [-0.05, 0) is 24.1 Å². The molecule has 0 saturated heterocycles. The third-order valence-corrected chi connectivity index (χ3v) is 4.09. The molecule has 1 aromatic carbocycles. The lowest BCUT2D eigenvalue weighted by Gasteiger charge is -2.27. The standard InChI is InChI=1S/C19H25NO5/c1-4-8-20-16(13-6-5-7-14(11-13)25-10-9-21)15(17(22)12(2)3)18(23)19(20)24/h5-7,11-12,16,21,23H,4,8-10H2,1-3H3. The average molecular weight is 347 g/mol. The number of hydrogen-bond donors (Lipinski definition) is 2. The van der Waals surface area contributed by atoms with Crippen LogP contribution in [0.5, 0.6) is 5.75 Å². The largest absolute Gasteiger partial charge is 0.503 e. The first-order valence-corrected chi connectivity index (χ1v) is 8.54. The molecule has 0 aliphatic carbocycles. The predicted octanol–water partition coefficient (Wildman–Crippen LogP) is 2.39. The smallest absolute Gasteiger partial charge is 0.290 e. The van der Waals surface area contributed by atoms with E-state index in [1.54, 1.807) is 38.1 Å². The molecular weight excluding hydrogens is 322 g/mol. The van der Waals surface area contributed by atoms with Crippen LogP contribution in [0.3, 0.4) is 0 Å². The van der Waals surface area contributed by atoms with Gasteiger partial charge in [-0.2, -0.15) is 0 Å². The van der Waals surface area contributed by atoms with E-state index in [0.29, 0.717) is 24.3 Å². The Morgan fingerprint density at radius 3 is 2.68 bits per heavy atom. The first-order chi connectivity index (χ1) is 11.9. The van der Waals surface area contributed by atoms with Gasteiger partial charge in [-0.1, -0.05) is 32.9 Å². The van der Waals surface area contributed by atoms with Gasteiger partial charge in [0.15, 0.2) is 11.5 Å². The van der Waals surface area contributed by atoms with Crippen LogP contribution < -0.4 is 4.74 Å². The molecule has 1 heterocycles. The van der Waals surface area contributed by atoms with Crippen molar-refractivity contribution in [1.82, 2.24) is 4.90 Å². The highest BCUT2D eigenvalue weighted by atomic mass is 16.5. The molecule has 1 amide bonds. The third kappa shape index (κ3) is 3.85. The lowest BCUT2D eigenvalue weighted by Crippen LogP contribution is -2.32. The molecule has 1 atom stereocenters. The van der Waals surface area contributed by atoms with Crippen LogP contribution in [0.1, 0.15) is 38.8 Å². The number of carbonyl (C=O) groups excluding carboxylic acids is 2. The Balaban J connectivity index is 2.48. The van der Waals surface area contributed by atoms with Gasteiger partial charge >= 0.3 is 0 Å². The number of carbonyl (C=O) groups is 2. The molecule has 6 nitrogen and oxygen atoms in total. The number of amides is 1. The summed E-state index contributed by atoms with van der Waals surface area (Å²) in [5.74, 6) is -1.01. The van der Waals surface area contributed by atoms with Crippen molar-refractivity contribution in [1.29, 1.82) is 0 Å². The second-order valence-electron chi connectivity index (χ2n) is 6.33. The van der Waals surface area contributed by atoms with Gasteiger partial charge in [0, 0.05) is 12.5 Å². The van der Waals surface area contributed by atoms with Crippen LogP contribution >= 0.6 is 0 Å². The first kappa shape index (κ1) is 19.0. The molecule has 1 aliphatic heterocycles. The van der Waals surface area contributed by atoms with Gasteiger partial charge in [-0.25, -0.2) is 0 Å². The Morgan fingerprint density at radius 1 is 1.36 bits per heavy atom. The molecule has 2 rings (SSSR count). The fourth-order valence-corrected chi connectivity index (χ4v) is 2.97. The molecule has 0 spiro atoms. The molecule has 136 valence electrons. The molecule has 2 N–H and O–H groups in total. The number of nitrogens with zero attached hydrogens (tertiary/aromatic N) is 1. The molecular formula is C19H25NO5. The van der Waals surface area contributed by atoms with Crippen LogP contribution in [0.2, 0.25) is 0 Å². The van der Waals surface area contributed by atoms with E-state index in [-0.39, 0.29) is 30.5 Å². The molecule has 0 radical (unpaired) electrons. The minimum absolute atomic E-state index is 0.105. The maximum atomic E-state index is 12.6. The molecule has 25 heavy (non-hydrogen) atoms. The first-order valence-electron chi connectivity index (χ1n) is 8.54. The molecule has 0 fully saturated rings. The third-order valence-electron chi connectivity index (χ3n) is 4.09. The van der Waals surface area contributed by atoms with Crippen molar-refractivity contribution in [2.24, 2.45) is 5.92 Å². The summed E-state index contributed by atoms with van der Waals surface area (Å²) in [6.07, 6.45) is 0.708. The summed E-state index contributed by atoms with van der Waals surface area (Å²) in [6, 6.07) is 6.43. The number of rotatable bonds is 8. The van der Waals surface area contributed by atoms with E-state index in [4.69, 9.17) is 9.84 Å². The second kappa shape index (κ2) is 8.16. The number of aliphatic hydroxyl groups is 2. The summed E-state index contributed by atoms with van der Waals surface area (Å²) in [7, 11) is 0. The van der Waals surface area contributed by atoms with Crippen molar-refractivity contribution in [2.45, 2.75) is 33.2 Å². The maximum Gasteiger partial charge on any atom is 0.290 e. The molecule has 1 unspecified atom stereocenters. The van der Waals surface area contributed by atoms with E-state index in [2.05, 4.69) is 0 Å². The highest BCUT2D eigenvalue weighted by molar-refractivity contribution is 6.09. The van der Waals surface area contributed by atoms with Gasteiger partial charge in [0.2, 0.25) is 0 Å². The van der Waals surface area contributed by atoms with Crippen molar-refractivity contribution < 1.29 is 24.5 Å². The lowest BCUT2D eigenvalue weighted by molar-refractivity contribution is -0.129. The zero-order chi connectivity index (χ0) is 18.6. The Kier molecular flexibility index (Phi) is 6.20. The van der Waals surface area contributed by atoms with E-state index in [1.165, 1.54) is 4.90 Å². The topological polar surface area (TPSA) is 87.1 Å². The highest BCUT2D eigenvalue weighted by Crippen LogP contribution is 2.39. The minimum atomic E-state index is -0.625. The van der Waals surface area contributed by atoms with Gasteiger partial charge < -0.3 is 19.8 Å². The van der Waals surface area contributed by atoms with Crippen molar-refractivity contribution in [3.8, 4) is 5.75 Å². The van der Waals surface area contributed by atoms with Gasteiger partial charge in [-0.3, -0.25) is 9.59 Å². The number of Topliss-reactive ketones (excluding diaryl/α,β-unsaturated/α-hetero) is 1. The van der Waals surface area contributed by atoms with Crippen molar-refractivity contribution >= 4 is 11.7 Å². The SMILES string of the molecule is CCCN1C(=O)C(O)=C(C(=O)C(C)C)C1c1cccc(OCCO)c1. The molecule has 1 aromatic rings. The monoisotopic (exact) mass is 347 g/mol. The Bertz CT molecular complexity index is 680. The van der Waals surface area contributed by atoms with Crippen LogP contribution in [0.4, 0.5) is 0 Å². The summed E-state index contributed by atoms with van der Waals surface area (Å²) in [4.78, 5) is 26.6. The summed E-state index contributed by atoms with van der Waals surface area (Å²) in [6.45, 7) is 5.91. The Hall–Kier alpha value is -2.34. The van der Waals surface area contributed by atoms with E-state index in [0.717, 1.165) is 0 Å². The van der Waals surface area contributed by atoms with Crippen LogP contribution in [-0.2, 0) is 9.59 Å². The van der Waals surface area contributed by atoms with E-state index < -0.39 is 17.7 Å². The van der Waals surface area contributed by atoms with Crippen molar-refractivity contribution in [3.63, 3.8) is 0 Å². The van der Waals surface area contributed by atoms with Gasteiger partial charge in [0.1, 0.15) is 12.4 Å². The van der Waals surface area contributed by atoms with Gasteiger partial charge in [-0.15, -0.1) is 0 Å². The van der Waals surface area contributed by atoms with E-state index in [1.807, 2.05) is 6.92 Å². The normalized spacial score (nSPS) is 17.6. The van der Waals surface area contributed by atoms with Crippen LogP contribution in [0.15, 0.2) is 35.6 Å². The maximum absolute atomic E-state index is 12.6. The van der Waals surface area contributed by atoms with Crippen molar-refractivity contribution in [3.05, 3.63) is 41.2 Å². The van der Waals surface area contributed by atoms with Crippen LogP contribution in [0, 0.1) is 5.92 Å². The quantitative estimate of drug-likeness (QED) is 0.754. The van der Waals surface area contributed by atoms with Crippen LogP contribution in [0.25, 0.3) is 0 Å². The number of benzene rings is 1. The minimum Gasteiger partial charge on any atom is -0.503 e. The Morgan fingerprint density at radius 2 is 2.08 bits per heavy atom. The van der Waals surface area contributed by atoms with Gasteiger partial charge in [0.25, 0.3) is 5.91 Å². The molecule has 6 heteroatoms. The molecule has 0 bridgehead atoms. The average Bonchev–Trinajstić information content (AvgIpc) is 2.84. The summed E-state index contributed by atoms with van der Waals surface area (Å²) < 4.78 is 5.43. The zero-order valence-electron chi connectivity index (χ0n) is 14.9. The van der Waals surface area contributed by atoms with Gasteiger partial charge in [0.05, 0.1) is 18.2 Å². The number of ether oxygens (including phenoxy) is 1. The predicted molar refractivity (Wildman–Crippen MR) is 93.3 cm³/mol. The Labute approximate surface area is 147 Å². The number of hydrogen-bond acceptors (Lipinski definition) is 5. The summed E-state index contributed by atoms with van der Waals surface area (Å²) in [5, 5.41) is 19.2. The molecule has 1 aliphatic rings. The lowest BCUT2D eigenvalue weighted by atomic mass is 9.91. The summed E-state index contributed by atoms with van der Waals surface area (Å²) in [5.41, 5.74) is 0.845. The zero-order valence-corrected chi connectivity index (χ0v) is 14.9. The highest BCUT2D eigenvalue weighted by Gasteiger charge is 2.43. The fraction of sp³-hybridized carbons (Fsp3) is 0.474. The number of ketones is 1. The van der Waals surface area contributed by atoms with Crippen molar-refractivity contribution in [2.75, 3.05) is 19.8 Å². The summed E-state index contributed by atoms with van der Waals surface area (Å²) >= 11 is 0.